The van der Waals surface area contributed by atoms with Crippen molar-refractivity contribution >= 4 is 21.4 Å². The van der Waals surface area contributed by atoms with Crippen LogP contribution in [-0.2, 0) is 0 Å². The second kappa shape index (κ2) is 7.06. The first-order valence-corrected chi connectivity index (χ1v) is 8.33. The van der Waals surface area contributed by atoms with E-state index in [0.717, 1.165) is 5.92 Å². The summed E-state index contributed by atoms with van der Waals surface area (Å²) < 4.78 is 1.41. The van der Waals surface area contributed by atoms with Gasteiger partial charge in [0.15, 0.2) is 0 Å². The van der Waals surface area contributed by atoms with E-state index in [-0.39, 0.29) is 0 Å². The van der Waals surface area contributed by atoms with E-state index >= 15 is 0 Å². The van der Waals surface area contributed by atoms with Crippen LogP contribution in [0, 0.1) is 5.92 Å². The number of hydrogen-bond acceptors (Lipinski definition) is 2. The first-order chi connectivity index (χ1) is 9.31. The van der Waals surface area contributed by atoms with Crippen LogP contribution in [0.3, 0.4) is 0 Å². The zero-order valence-electron chi connectivity index (χ0n) is 12.3. The Kier molecular flexibility index (Phi) is 5.41. The van der Waals surface area contributed by atoms with E-state index in [2.05, 4.69) is 55.9 Å². The van der Waals surface area contributed by atoms with Gasteiger partial charge in [0.05, 0.1) is 0 Å². The zero-order valence-corrected chi connectivity index (χ0v) is 13.1. The highest BCUT2D eigenvalue weighted by atomic mass is 32.1. The monoisotopic (exact) mass is 275 g/mol. The minimum atomic E-state index is 0.496. The van der Waals surface area contributed by atoms with Crippen LogP contribution in [0.1, 0.15) is 51.1 Å². The standard InChI is InChI=1S/C17H25NS/c1-4-8-13(9-5-2)17(18-3)15-12-19-16-11-7-6-10-14(15)16/h6-7,10-13,17-18H,4-5,8-9H2,1-3H3. The lowest BCUT2D eigenvalue weighted by Gasteiger charge is -2.26. The van der Waals surface area contributed by atoms with Gasteiger partial charge >= 0.3 is 0 Å². The average molecular weight is 275 g/mol. The Labute approximate surface area is 121 Å². The number of thiophene rings is 1. The fourth-order valence-electron chi connectivity index (χ4n) is 3.10. The van der Waals surface area contributed by atoms with Crippen LogP contribution in [-0.4, -0.2) is 7.05 Å². The van der Waals surface area contributed by atoms with Crippen molar-refractivity contribution < 1.29 is 0 Å². The van der Waals surface area contributed by atoms with Crippen molar-refractivity contribution in [1.82, 2.24) is 5.32 Å². The zero-order chi connectivity index (χ0) is 13.7. The topological polar surface area (TPSA) is 12.0 Å². The highest BCUT2D eigenvalue weighted by Crippen LogP contribution is 2.36. The van der Waals surface area contributed by atoms with Crippen LogP contribution in [0.15, 0.2) is 29.6 Å². The maximum absolute atomic E-state index is 3.57. The highest BCUT2D eigenvalue weighted by Gasteiger charge is 2.22. The van der Waals surface area contributed by atoms with Gasteiger partial charge in [0, 0.05) is 10.7 Å². The summed E-state index contributed by atoms with van der Waals surface area (Å²) >= 11 is 1.87. The van der Waals surface area contributed by atoms with Crippen LogP contribution in [0.2, 0.25) is 0 Å². The number of hydrogen-bond donors (Lipinski definition) is 1. The summed E-state index contributed by atoms with van der Waals surface area (Å²) in [5.74, 6) is 0.748. The van der Waals surface area contributed by atoms with E-state index in [1.54, 1.807) is 0 Å². The third-order valence-corrected chi connectivity index (χ3v) is 4.93. The fraction of sp³-hybridized carbons (Fsp3) is 0.529. The minimum Gasteiger partial charge on any atom is -0.313 e. The molecule has 1 aromatic heterocycles. The molecule has 1 unspecified atom stereocenters. The van der Waals surface area contributed by atoms with Crippen molar-refractivity contribution in [1.29, 1.82) is 0 Å². The third kappa shape index (κ3) is 3.18. The molecule has 0 amide bonds. The molecule has 0 saturated carbocycles. The number of benzene rings is 1. The van der Waals surface area contributed by atoms with Crippen LogP contribution in [0.4, 0.5) is 0 Å². The molecule has 19 heavy (non-hydrogen) atoms. The minimum absolute atomic E-state index is 0.496. The highest BCUT2D eigenvalue weighted by molar-refractivity contribution is 7.17. The molecule has 1 nitrogen and oxygen atoms in total. The fourth-order valence-corrected chi connectivity index (χ4v) is 4.10. The molecule has 0 aliphatic carbocycles. The van der Waals surface area contributed by atoms with Crippen molar-refractivity contribution in [3.8, 4) is 0 Å². The van der Waals surface area contributed by atoms with Crippen molar-refractivity contribution in [3.05, 3.63) is 35.2 Å². The summed E-state index contributed by atoms with van der Waals surface area (Å²) in [7, 11) is 2.11. The molecule has 0 aliphatic rings. The molecule has 0 radical (unpaired) electrons. The van der Waals surface area contributed by atoms with Gasteiger partial charge in [0.1, 0.15) is 0 Å². The van der Waals surface area contributed by atoms with E-state index in [1.807, 2.05) is 11.3 Å². The maximum atomic E-state index is 3.57. The number of fused-ring (bicyclic) bond motifs is 1. The lowest BCUT2D eigenvalue weighted by molar-refractivity contribution is 0.333. The smallest absolute Gasteiger partial charge is 0.0360 e. The van der Waals surface area contributed by atoms with Crippen molar-refractivity contribution in [2.45, 2.75) is 45.6 Å². The van der Waals surface area contributed by atoms with E-state index in [1.165, 1.54) is 41.3 Å². The Morgan fingerprint density at radius 3 is 2.42 bits per heavy atom. The van der Waals surface area contributed by atoms with E-state index < -0.39 is 0 Å². The molecule has 0 bridgehead atoms. The van der Waals surface area contributed by atoms with Gasteiger partial charge in [0.2, 0.25) is 0 Å². The van der Waals surface area contributed by atoms with E-state index in [9.17, 15) is 0 Å². The van der Waals surface area contributed by atoms with Gasteiger partial charge in [-0.1, -0.05) is 44.9 Å². The lowest BCUT2D eigenvalue weighted by atomic mass is 9.86. The molecular formula is C17H25NS. The predicted molar refractivity (Wildman–Crippen MR) is 86.9 cm³/mol. The molecule has 1 aromatic carbocycles. The summed E-state index contributed by atoms with van der Waals surface area (Å²) in [5.41, 5.74) is 1.50. The van der Waals surface area contributed by atoms with Crippen LogP contribution in [0.5, 0.6) is 0 Å². The summed E-state index contributed by atoms with van der Waals surface area (Å²) in [5, 5.41) is 7.36. The predicted octanol–water partition coefficient (Wildman–Crippen LogP) is 5.38. The molecular weight excluding hydrogens is 250 g/mol. The third-order valence-electron chi connectivity index (χ3n) is 3.95. The number of nitrogens with one attached hydrogen (secondary N) is 1. The molecule has 0 saturated heterocycles. The van der Waals surface area contributed by atoms with Gasteiger partial charge in [-0.15, -0.1) is 11.3 Å². The number of rotatable bonds is 7. The lowest BCUT2D eigenvalue weighted by Crippen LogP contribution is -2.25. The van der Waals surface area contributed by atoms with Gasteiger partial charge < -0.3 is 5.32 Å². The summed E-state index contributed by atoms with van der Waals surface area (Å²) in [6, 6.07) is 9.27. The van der Waals surface area contributed by atoms with Gasteiger partial charge in [0.25, 0.3) is 0 Å². The van der Waals surface area contributed by atoms with Crippen LogP contribution >= 0.6 is 11.3 Å². The average Bonchev–Trinajstić information content (AvgIpc) is 2.84. The van der Waals surface area contributed by atoms with Gasteiger partial charge in [-0.05, 0) is 48.2 Å². The SMILES string of the molecule is CCCC(CCC)C(NC)c1csc2ccccc12. The summed E-state index contributed by atoms with van der Waals surface area (Å²) in [6.45, 7) is 4.59. The Morgan fingerprint density at radius 1 is 1.11 bits per heavy atom. The van der Waals surface area contributed by atoms with Crippen molar-refractivity contribution in [2.24, 2.45) is 5.92 Å². The molecule has 2 aromatic rings. The molecule has 0 fully saturated rings. The van der Waals surface area contributed by atoms with Crippen molar-refractivity contribution in [3.63, 3.8) is 0 Å². The molecule has 2 rings (SSSR count). The molecule has 104 valence electrons. The van der Waals surface area contributed by atoms with Crippen LogP contribution in [0.25, 0.3) is 10.1 Å². The molecule has 1 N–H and O–H groups in total. The maximum Gasteiger partial charge on any atom is 0.0360 e. The van der Waals surface area contributed by atoms with Gasteiger partial charge in [-0.3, -0.25) is 0 Å². The Morgan fingerprint density at radius 2 is 1.79 bits per heavy atom. The summed E-state index contributed by atoms with van der Waals surface area (Å²) in [4.78, 5) is 0. The first kappa shape index (κ1) is 14.5. The Bertz CT molecular complexity index is 497. The molecule has 0 aliphatic heterocycles. The van der Waals surface area contributed by atoms with Crippen LogP contribution < -0.4 is 5.32 Å². The quantitative estimate of drug-likeness (QED) is 0.715. The molecule has 0 spiro atoms. The summed E-state index contributed by atoms with van der Waals surface area (Å²) in [6.07, 6.45) is 5.16. The molecule has 2 heteroatoms. The molecule has 1 heterocycles. The second-order valence-electron chi connectivity index (χ2n) is 5.29. The molecule has 1 atom stereocenters. The van der Waals surface area contributed by atoms with E-state index in [4.69, 9.17) is 0 Å². The van der Waals surface area contributed by atoms with Gasteiger partial charge in [-0.2, -0.15) is 0 Å². The van der Waals surface area contributed by atoms with Crippen molar-refractivity contribution in [2.75, 3.05) is 7.05 Å². The Balaban J connectivity index is 2.34. The van der Waals surface area contributed by atoms with Gasteiger partial charge in [-0.25, -0.2) is 0 Å². The Hall–Kier alpha value is -0.860. The first-order valence-electron chi connectivity index (χ1n) is 7.45. The van der Waals surface area contributed by atoms with E-state index in [0.29, 0.717) is 6.04 Å². The largest absolute Gasteiger partial charge is 0.313 e. The second-order valence-corrected chi connectivity index (χ2v) is 6.20. The normalized spacial score (nSPS) is 13.3.